The Hall–Kier alpha value is -1.98. The number of thioether (sulfide) groups is 1. The summed E-state index contributed by atoms with van der Waals surface area (Å²) in [5, 5.41) is 19.9. The molecule has 0 aliphatic carbocycles. The van der Waals surface area contributed by atoms with E-state index in [2.05, 4.69) is 15.5 Å². The summed E-state index contributed by atoms with van der Waals surface area (Å²) in [6.07, 6.45) is 0. The lowest BCUT2D eigenvalue weighted by Crippen LogP contribution is -2.68. The number of hydrogen-bond donors (Lipinski definition) is 3. The van der Waals surface area contributed by atoms with Gasteiger partial charge in [0.15, 0.2) is 0 Å². The maximum Gasteiger partial charge on any atom is 0.353 e. The summed E-state index contributed by atoms with van der Waals surface area (Å²) < 4.78 is 0. The molecule has 1 fully saturated rings. The molecule has 9 nitrogen and oxygen atoms in total. The molecule has 2 amide bonds. The Morgan fingerprint density at radius 3 is 2.82 bits per heavy atom. The third-order valence-corrected chi connectivity index (χ3v) is 5.38. The monoisotopic (exact) mass is 341 g/mol. The molecular formula is C11H11N5O4S2. The molecule has 1 aromatic rings. The van der Waals surface area contributed by atoms with E-state index in [1.165, 1.54) is 23.6 Å². The van der Waals surface area contributed by atoms with Crippen molar-refractivity contribution in [2.45, 2.75) is 18.3 Å². The van der Waals surface area contributed by atoms with Crippen molar-refractivity contribution in [3.05, 3.63) is 10.7 Å². The zero-order valence-electron chi connectivity index (χ0n) is 11.3. The van der Waals surface area contributed by atoms with Gasteiger partial charge in [-0.1, -0.05) is 11.3 Å². The van der Waals surface area contributed by atoms with Gasteiger partial charge >= 0.3 is 5.97 Å². The number of nitrogens with zero attached hydrogens (tertiary/aromatic N) is 3. The second-order valence-corrected chi connectivity index (χ2v) is 6.74. The smallest absolute Gasteiger partial charge is 0.353 e. The van der Waals surface area contributed by atoms with E-state index in [9.17, 15) is 19.5 Å². The number of amides is 2. The Morgan fingerprint density at radius 1 is 1.45 bits per heavy atom. The Labute approximate surface area is 132 Å². The maximum atomic E-state index is 11.8. The normalized spacial score (nSPS) is 23.9. The van der Waals surface area contributed by atoms with Crippen molar-refractivity contribution < 1.29 is 19.5 Å². The van der Waals surface area contributed by atoms with E-state index in [-0.39, 0.29) is 22.1 Å². The van der Waals surface area contributed by atoms with Crippen LogP contribution in [0.4, 0.5) is 5.13 Å². The molecule has 2 aliphatic rings. The lowest BCUT2D eigenvalue weighted by molar-refractivity contribution is -0.147. The molecule has 0 saturated carbocycles. The Bertz CT molecular complexity index is 715. The number of carboxylic acid groups (broad SMARTS) is 1. The van der Waals surface area contributed by atoms with Crippen LogP contribution in [0.1, 0.15) is 11.9 Å². The van der Waals surface area contributed by atoms with E-state index in [1.807, 2.05) is 0 Å². The van der Waals surface area contributed by atoms with E-state index in [0.717, 1.165) is 11.3 Å². The van der Waals surface area contributed by atoms with Crippen molar-refractivity contribution in [1.82, 2.24) is 15.1 Å². The highest BCUT2D eigenvalue weighted by atomic mass is 32.2. The van der Waals surface area contributed by atoms with Crippen LogP contribution in [0.5, 0.6) is 0 Å². The number of nitrogens with one attached hydrogen (secondary N) is 1. The number of aromatic nitrogens is 2. The van der Waals surface area contributed by atoms with Crippen LogP contribution in [0.15, 0.2) is 5.70 Å². The number of aliphatic carboxylic acids is 1. The number of β-lactam (4-membered cyclic amide) rings is 1. The first-order valence-electron chi connectivity index (χ1n) is 6.18. The molecule has 0 bridgehead atoms. The lowest BCUT2D eigenvalue weighted by Gasteiger charge is -2.47. The number of hydrogen-bond acceptors (Lipinski definition) is 8. The van der Waals surface area contributed by atoms with Crippen molar-refractivity contribution in [2.75, 3.05) is 11.1 Å². The fourth-order valence-electron chi connectivity index (χ4n) is 2.23. The molecule has 1 unspecified atom stereocenters. The largest absolute Gasteiger partial charge is 0.477 e. The average Bonchev–Trinajstić information content (AvgIpc) is 2.92. The first kappa shape index (κ1) is 14.9. The van der Waals surface area contributed by atoms with Crippen molar-refractivity contribution in [2.24, 2.45) is 5.73 Å². The van der Waals surface area contributed by atoms with Gasteiger partial charge in [-0.05, 0) is 0 Å². The van der Waals surface area contributed by atoms with Crippen LogP contribution >= 0.6 is 23.1 Å². The van der Waals surface area contributed by atoms with Crippen molar-refractivity contribution in [1.29, 1.82) is 0 Å². The van der Waals surface area contributed by atoms with Gasteiger partial charge in [-0.15, -0.1) is 22.0 Å². The Kier molecular flexibility index (Phi) is 3.62. The van der Waals surface area contributed by atoms with Gasteiger partial charge in [-0.2, -0.15) is 0 Å². The zero-order valence-corrected chi connectivity index (χ0v) is 12.9. The highest BCUT2D eigenvalue weighted by molar-refractivity contribution is 8.00. The number of anilines is 1. The van der Waals surface area contributed by atoms with Gasteiger partial charge in [0.05, 0.1) is 0 Å². The van der Waals surface area contributed by atoms with Gasteiger partial charge in [-0.25, -0.2) is 4.79 Å². The van der Waals surface area contributed by atoms with Crippen LogP contribution < -0.4 is 11.1 Å². The highest BCUT2D eigenvalue weighted by Crippen LogP contribution is 2.43. The maximum absolute atomic E-state index is 11.8. The second-order valence-electron chi connectivity index (χ2n) is 4.66. The van der Waals surface area contributed by atoms with Crippen LogP contribution in [0.2, 0.25) is 0 Å². The van der Waals surface area contributed by atoms with Crippen LogP contribution in [-0.4, -0.2) is 55.2 Å². The Morgan fingerprint density at radius 2 is 2.18 bits per heavy atom. The fourth-order valence-corrected chi connectivity index (χ4v) is 4.44. The predicted molar refractivity (Wildman–Crippen MR) is 79.8 cm³/mol. The minimum absolute atomic E-state index is 0.110. The minimum atomic E-state index is -1.21. The molecular weight excluding hydrogens is 330 g/mol. The molecule has 116 valence electrons. The third-order valence-electron chi connectivity index (χ3n) is 3.18. The lowest BCUT2D eigenvalue weighted by atomic mass is 10.0. The minimum Gasteiger partial charge on any atom is -0.477 e. The molecule has 0 spiro atoms. The van der Waals surface area contributed by atoms with E-state index in [1.54, 1.807) is 0 Å². The summed E-state index contributed by atoms with van der Waals surface area (Å²) in [7, 11) is 0. The van der Waals surface area contributed by atoms with E-state index in [4.69, 9.17) is 5.73 Å². The number of carboxylic acids is 1. The summed E-state index contributed by atoms with van der Waals surface area (Å²) >= 11 is 2.44. The van der Waals surface area contributed by atoms with Crippen LogP contribution in [-0.2, 0) is 14.4 Å². The highest BCUT2D eigenvalue weighted by Gasteiger charge is 2.52. The van der Waals surface area contributed by atoms with Crippen LogP contribution in [0.25, 0.3) is 5.57 Å². The van der Waals surface area contributed by atoms with E-state index >= 15 is 0 Å². The summed E-state index contributed by atoms with van der Waals surface area (Å²) in [4.78, 5) is 35.6. The van der Waals surface area contributed by atoms with Gasteiger partial charge in [0.2, 0.25) is 16.9 Å². The number of carbonyl (C=O) groups is 3. The molecule has 4 N–H and O–H groups in total. The molecule has 1 saturated heterocycles. The fraction of sp³-hybridized carbons (Fsp3) is 0.364. The number of carbonyl (C=O) groups excluding carboxylic acids is 2. The first-order valence-corrected chi connectivity index (χ1v) is 8.05. The summed E-state index contributed by atoms with van der Waals surface area (Å²) in [5.74, 6) is -1.56. The summed E-state index contributed by atoms with van der Waals surface area (Å²) in [5.41, 5.74) is 5.98. The molecule has 0 aromatic carbocycles. The van der Waals surface area contributed by atoms with Crippen LogP contribution in [0.3, 0.4) is 0 Å². The number of rotatable bonds is 3. The molecule has 2 atom stereocenters. The zero-order chi connectivity index (χ0) is 16.0. The third kappa shape index (κ3) is 2.26. The Balaban J connectivity index is 1.99. The SMILES string of the molecule is CC(=O)Nc1nnc(C2=C(C(=O)O)N3C(=O)C(N)[C@H]3SC2)s1. The van der Waals surface area contributed by atoms with Gasteiger partial charge in [-0.3, -0.25) is 14.5 Å². The predicted octanol–water partition coefficient (Wildman–Crippen LogP) is -0.465. The quantitative estimate of drug-likeness (QED) is 0.627. The first-order chi connectivity index (χ1) is 10.4. The molecule has 22 heavy (non-hydrogen) atoms. The van der Waals surface area contributed by atoms with Crippen LogP contribution in [0, 0.1) is 0 Å². The number of fused-ring (bicyclic) bond motifs is 1. The van der Waals surface area contributed by atoms with Gasteiger partial charge < -0.3 is 16.2 Å². The average molecular weight is 341 g/mol. The molecule has 0 radical (unpaired) electrons. The van der Waals surface area contributed by atoms with Crippen molar-refractivity contribution >= 4 is 51.6 Å². The molecule has 3 heterocycles. The molecule has 1 aromatic heterocycles. The summed E-state index contributed by atoms with van der Waals surface area (Å²) in [6, 6.07) is -0.676. The molecule has 3 rings (SSSR count). The van der Waals surface area contributed by atoms with E-state index in [0.29, 0.717) is 16.3 Å². The van der Waals surface area contributed by atoms with Gasteiger partial charge in [0.1, 0.15) is 22.1 Å². The standard InChI is InChI=1S/C11H11N5O4S2/c1-3(17)13-11-15-14-7(22-11)4-2-21-9-5(12)8(18)16(9)6(4)10(19)20/h5,9H,2,12H2,1H3,(H,19,20)(H,13,15,17)/t5?,9-/m1/s1. The van der Waals surface area contributed by atoms with Crippen molar-refractivity contribution in [3.8, 4) is 0 Å². The molecule has 2 aliphatic heterocycles. The second kappa shape index (κ2) is 5.34. The number of nitrogens with two attached hydrogens (primary N) is 1. The van der Waals surface area contributed by atoms with Gasteiger partial charge in [0, 0.05) is 18.2 Å². The summed E-state index contributed by atoms with van der Waals surface area (Å²) in [6.45, 7) is 1.34. The van der Waals surface area contributed by atoms with E-state index < -0.39 is 17.9 Å². The van der Waals surface area contributed by atoms with Gasteiger partial charge in [0.25, 0.3) is 0 Å². The van der Waals surface area contributed by atoms with Crippen molar-refractivity contribution in [3.63, 3.8) is 0 Å². The topological polar surface area (TPSA) is 139 Å². The molecule has 11 heteroatoms.